The van der Waals surface area contributed by atoms with Crippen LogP contribution in [0.5, 0.6) is 0 Å². The van der Waals surface area contributed by atoms with Crippen LogP contribution in [-0.2, 0) is 33.2 Å². The lowest BCUT2D eigenvalue weighted by Crippen LogP contribution is -2.66. The lowest BCUT2D eigenvalue weighted by atomic mass is 9.96. The van der Waals surface area contributed by atoms with E-state index in [0.29, 0.717) is 6.42 Å². The number of aliphatic hydroxyl groups excluding tert-OH is 11. The summed E-state index contributed by atoms with van der Waals surface area (Å²) in [5, 5.41) is 121. The van der Waals surface area contributed by atoms with E-state index in [1.54, 1.807) is 6.08 Å². The Hall–Kier alpha value is -3.03. The largest absolute Gasteiger partial charge is 0.394 e. The maximum atomic E-state index is 13.5. The summed E-state index contributed by atoms with van der Waals surface area (Å²) in [5.41, 5.74) is 0. The lowest BCUT2D eigenvalue weighted by Gasteiger charge is -2.48. The lowest BCUT2D eigenvalue weighted by molar-refractivity contribution is -0.379. The van der Waals surface area contributed by atoms with E-state index in [9.17, 15) is 61.0 Å². The van der Waals surface area contributed by atoms with Crippen LogP contribution in [0.25, 0.3) is 0 Å². The molecule has 0 aromatic carbocycles. The number of hydrogen-bond acceptors (Lipinski definition) is 18. The molecule has 3 saturated heterocycles. The second-order valence-corrected chi connectivity index (χ2v) is 28.9. The number of aliphatic hydroxyl groups is 11. The monoisotopic (exact) mass is 1450 g/mol. The van der Waals surface area contributed by atoms with E-state index in [1.165, 1.54) is 186 Å². The van der Waals surface area contributed by atoms with Crippen LogP contribution < -0.4 is 5.32 Å². The number of allylic oxidation sites excluding steroid dienone is 13. The van der Waals surface area contributed by atoms with E-state index in [4.69, 9.17) is 28.4 Å². The van der Waals surface area contributed by atoms with Crippen molar-refractivity contribution in [3.05, 3.63) is 85.1 Å². The Labute approximate surface area is 616 Å². The standard InChI is InChI=1S/C83H147NO18/c1-3-5-7-9-11-13-15-17-19-21-23-25-27-29-30-31-32-33-34-35-36-37-39-41-43-45-47-49-51-53-55-57-59-61-71(89)84-66(67(88)60-58-56-54-52-50-48-46-44-42-40-38-28-26-24-22-20-18-16-14-12-10-8-6-4-2)65-97-81-77(95)74(92)79(69(63-86)99-81)102-83-78(96)75(93)80(70(64-87)100-83)101-82-76(94)73(91)72(90)68(62-85)98-82/h5,7,11,13,17,19,23,25,29-30,32-33,58,60,66-70,72-83,85-88,90-96H,3-4,6,8-10,12,14-16,18,20-22,24,26-28,31,34-57,59,61-65H2,1-2H3,(H,84,89)/b7-5-,13-11-,19-17-,25-23-,30-29-,33-32-,60-58+. The summed E-state index contributed by atoms with van der Waals surface area (Å²) in [4.78, 5) is 13.5. The van der Waals surface area contributed by atoms with Gasteiger partial charge in [-0.05, 0) is 70.6 Å². The minimum Gasteiger partial charge on any atom is -0.394 e. The van der Waals surface area contributed by atoms with Gasteiger partial charge in [-0.15, -0.1) is 0 Å². The Bertz CT molecular complexity index is 2170. The molecule has 0 aromatic heterocycles. The number of amides is 1. The van der Waals surface area contributed by atoms with Crippen LogP contribution in [-0.4, -0.2) is 193 Å². The summed E-state index contributed by atoms with van der Waals surface area (Å²) in [7, 11) is 0. The Morgan fingerprint density at radius 3 is 1.06 bits per heavy atom. The molecular formula is C83H147NO18. The Kier molecular flexibility index (Phi) is 57.5. The molecule has 3 aliphatic heterocycles. The first-order chi connectivity index (χ1) is 49.8. The van der Waals surface area contributed by atoms with Crippen molar-refractivity contribution in [2.45, 2.75) is 407 Å². The summed E-state index contributed by atoms with van der Waals surface area (Å²) >= 11 is 0. The van der Waals surface area contributed by atoms with Crippen LogP contribution in [0.3, 0.4) is 0 Å². The zero-order valence-corrected chi connectivity index (χ0v) is 63.3. The maximum absolute atomic E-state index is 13.5. The van der Waals surface area contributed by atoms with Gasteiger partial charge in [-0.2, -0.15) is 0 Å². The molecule has 0 spiro atoms. The minimum absolute atomic E-state index is 0.239. The van der Waals surface area contributed by atoms with Gasteiger partial charge in [0.05, 0.1) is 38.6 Å². The van der Waals surface area contributed by atoms with Gasteiger partial charge in [0.25, 0.3) is 0 Å². The summed E-state index contributed by atoms with van der Waals surface area (Å²) in [6.07, 6.45) is 57.0. The number of hydrogen-bond donors (Lipinski definition) is 12. The predicted octanol–water partition coefficient (Wildman–Crippen LogP) is 13.8. The second kappa shape index (κ2) is 63.0. The molecule has 0 aliphatic carbocycles. The zero-order chi connectivity index (χ0) is 73.9. The third-order valence-electron chi connectivity index (χ3n) is 19.9. The quantitative estimate of drug-likeness (QED) is 0.0199. The van der Waals surface area contributed by atoms with E-state index in [2.05, 4.69) is 92.1 Å². The van der Waals surface area contributed by atoms with Gasteiger partial charge in [0.15, 0.2) is 18.9 Å². The van der Waals surface area contributed by atoms with Gasteiger partial charge in [0.1, 0.15) is 73.2 Å². The van der Waals surface area contributed by atoms with Gasteiger partial charge in [-0.1, -0.05) is 311 Å². The van der Waals surface area contributed by atoms with E-state index in [0.717, 1.165) is 89.9 Å². The van der Waals surface area contributed by atoms with Crippen LogP contribution in [0.15, 0.2) is 85.1 Å². The first kappa shape index (κ1) is 93.2. The average Bonchev–Trinajstić information content (AvgIpc) is 0.781. The Balaban J connectivity index is 1.37. The molecule has 0 aromatic rings. The van der Waals surface area contributed by atoms with Gasteiger partial charge in [-0.25, -0.2) is 0 Å². The molecule has 0 radical (unpaired) electrons. The smallest absolute Gasteiger partial charge is 0.220 e. The summed E-state index contributed by atoms with van der Waals surface area (Å²) in [6.45, 7) is 1.65. The van der Waals surface area contributed by atoms with Crippen LogP contribution >= 0.6 is 0 Å². The topological polar surface area (TPSA) is 307 Å². The molecule has 1 amide bonds. The molecule has 3 fully saturated rings. The van der Waals surface area contributed by atoms with Crippen molar-refractivity contribution in [2.24, 2.45) is 0 Å². The number of rotatable bonds is 64. The van der Waals surface area contributed by atoms with Crippen molar-refractivity contribution in [1.82, 2.24) is 5.32 Å². The molecule has 592 valence electrons. The van der Waals surface area contributed by atoms with Crippen LogP contribution in [0.4, 0.5) is 0 Å². The molecule has 17 atom stereocenters. The van der Waals surface area contributed by atoms with Crippen LogP contribution in [0, 0.1) is 0 Å². The van der Waals surface area contributed by atoms with Crippen molar-refractivity contribution < 1.29 is 89.4 Å². The molecule has 3 aliphatic rings. The third-order valence-corrected chi connectivity index (χ3v) is 19.9. The van der Waals surface area contributed by atoms with Crippen LogP contribution in [0.1, 0.15) is 303 Å². The van der Waals surface area contributed by atoms with E-state index >= 15 is 0 Å². The second-order valence-electron chi connectivity index (χ2n) is 28.9. The van der Waals surface area contributed by atoms with Crippen molar-refractivity contribution in [2.75, 3.05) is 26.4 Å². The molecule has 0 bridgehead atoms. The number of unbranched alkanes of at least 4 members (excludes halogenated alkanes) is 36. The number of carbonyl (C=O) groups excluding carboxylic acids is 1. The first-order valence-corrected chi connectivity index (χ1v) is 40.8. The van der Waals surface area contributed by atoms with Gasteiger partial charge in [-0.3, -0.25) is 4.79 Å². The van der Waals surface area contributed by atoms with E-state index < -0.39 is 124 Å². The van der Waals surface area contributed by atoms with E-state index in [1.807, 2.05) is 6.08 Å². The first-order valence-electron chi connectivity index (χ1n) is 40.8. The summed E-state index contributed by atoms with van der Waals surface area (Å²) in [6, 6.07) is -0.979. The molecule has 12 N–H and O–H groups in total. The third kappa shape index (κ3) is 42.5. The van der Waals surface area contributed by atoms with Crippen molar-refractivity contribution in [1.29, 1.82) is 0 Å². The van der Waals surface area contributed by atoms with Gasteiger partial charge in [0.2, 0.25) is 5.91 Å². The predicted molar refractivity (Wildman–Crippen MR) is 406 cm³/mol. The molecular weight excluding hydrogens is 1300 g/mol. The van der Waals surface area contributed by atoms with E-state index in [-0.39, 0.29) is 18.9 Å². The number of ether oxygens (including phenoxy) is 6. The highest BCUT2D eigenvalue weighted by molar-refractivity contribution is 5.76. The number of carbonyl (C=O) groups is 1. The van der Waals surface area contributed by atoms with Gasteiger partial charge < -0.3 is 89.9 Å². The van der Waals surface area contributed by atoms with Crippen molar-refractivity contribution in [3.8, 4) is 0 Å². The van der Waals surface area contributed by atoms with Crippen molar-refractivity contribution >= 4 is 5.91 Å². The zero-order valence-electron chi connectivity index (χ0n) is 63.3. The van der Waals surface area contributed by atoms with Crippen LogP contribution in [0.2, 0.25) is 0 Å². The van der Waals surface area contributed by atoms with Crippen molar-refractivity contribution in [3.63, 3.8) is 0 Å². The fourth-order valence-electron chi connectivity index (χ4n) is 13.4. The normalized spacial score (nSPS) is 26.6. The summed E-state index contributed by atoms with van der Waals surface area (Å²) in [5.74, 6) is -0.275. The molecule has 19 heteroatoms. The fourth-order valence-corrected chi connectivity index (χ4v) is 13.4. The Morgan fingerprint density at radius 2 is 0.676 bits per heavy atom. The highest BCUT2D eigenvalue weighted by atomic mass is 16.8. The Morgan fingerprint density at radius 1 is 0.363 bits per heavy atom. The highest BCUT2D eigenvalue weighted by Gasteiger charge is 2.54. The summed E-state index contributed by atoms with van der Waals surface area (Å²) < 4.78 is 34.5. The molecule has 102 heavy (non-hydrogen) atoms. The number of nitrogens with one attached hydrogen (secondary N) is 1. The van der Waals surface area contributed by atoms with Gasteiger partial charge in [0, 0.05) is 6.42 Å². The maximum Gasteiger partial charge on any atom is 0.220 e. The molecule has 3 rings (SSSR count). The minimum atomic E-state index is -1.98. The highest BCUT2D eigenvalue weighted by Crippen LogP contribution is 2.33. The van der Waals surface area contributed by atoms with Gasteiger partial charge >= 0.3 is 0 Å². The SMILES string of the molecule is CC/C=C\C/C=C\C/C=C\C/C=C\C/C=C\C/C=C\CCCCCCCCCCCCCCCCC(=O)NC(COC1OC(CO)C(OC2OC(CO)C(OC3OC(CO)C(O)C(O)C3O)C(O)C2O)C(O)C1O)C(O)/C=C/CCCCCCCCCCCCCCCCCCCCCCCC. The average molecular weight is 1450 g/mol. The molecule has 17 unspecified atom stereocenters. The molecule has 19 nitrogen and oxygen atoms in total. The molecule has 0 saturated carbocycles. The molecule has 3 heterocycles. The fraction of sp³-hybridized carbons (Fsp3) is 0.819.